The van der Waals surface area contributed by atoms with E-state index in [0.29, 0.717) is 24.6 Å². The summed E-state index contributed by atoms with van der Waals surface area (Å²) >= 11 is 0. The number of aryl methyl sites for hydroxylation is 1. The maximum Gasteiger partial charge on any atom is 0.191 e. The van der Waals surface area contributed by atoms with Crippen molar-refractivity contribution in [3.8, 4) is 5.75 Å². The minimum Gasteiger partial charge on any atom is -0.494 e. The van der Waals surface area contributed by atoms with Crippen LogP contribution >= 0.6 is 0 Å². The zero-order valence-electron chi connectivity index (χ0n) is 17.3. The molecule has 2 N–H and O–H groups in total. The molecule has 0 radical (unpaired) electrons. The zero-order valence-corrected chi connectivity index (χ0v) is 17.3. The molecule has 152 valence electrons. The van der Waals surface area contributed by atoms with E-state index in [0.717, 1.165) is 36.4 Å². The molecule has 5 nitrogen and oxygen atoms in total. The van der Waals surface area contributed by atoms with Crippen LogP contribution in [0.15, 0.2) is 47.5 Å². The normalized spacial score (nSPS) is 11.6. The standard InChI is InChI=1S/C22H31FN4O/c1-17-14-19(8-11-21(17)23)16-26-22(24-2)25-15-18-6-9-20(10-7-18)28-13-5-12-27(3)4/h6-11,14H,5,12-13,15-16H2,1-4H3,(H2,24,25,26). The van der Waals surface area contributed by atoms with Crippen LogP contribution < -0.4 is 15.4 Å². The predicted octanol–water partition coefficient (Wildman–Crippen LogP) is 3.33. The molecule has 6 heteroatoms. The average molecular weight is 387 g/mol. The van der Waals surface area contributed by atoms with Gasteiger partial charge in [0.15, 0.2) is 5.96 Å². The second kappa shape index (κ2) is 11.3. The summed E-state index contributed by atoms with van der Waals surface area (Å²) in [6.45, 7) is 4.74. The summed E-state index contributed by atoms with van der Waals surface area (Å²) in [6, 6.07) is 13.2. The molecule has 0 aliphatic heterocycles. The van der Waals surface area contributed by atoms with Crippen molar-refractivity contribution in [1.82, 2.24) is 15.5 Å². The highest BCUT2D eigenvalue weighted by Crippen LogP contribution is 2.12. The van der Waals surface area contributed by atoms with Crippen LogP contribution in [0.5, 0.6) is 5.75 Å². The minimum absolute atomic E-state index is 0.184. The van der Waals surface area contributed by atoms with Crippen molar-refractivity contribution in [2.24, 2.45) is 4.99 Å². The first-order valence-electron chi connectivity index (χ1n) is 9.54. The Kier molecular flexibility index (Phi) is 8.75. The molecule has 0 aromatic heterocycles. The molecule has 0 heterocycles. The van der Waals surface area contributed by atoms with Crippen molar-refractivity contribution in [2.75, 3.05) is 34.3 Å². The summed E-state index contributed by atoms with van der Waals surface area (Å²) in [7, 11) is 5.85. The minimum atomic E-state index is -0.184. The summed E-state index contributed by atoms with van der Waals surface area (Å²) in [5.41, 5.74) is 2.80. The maximum absolute atomic E-state index is 13.4. The molecule has 2 aromatic carbocycles. The van der Waals surface area contributed by atoms with Crippen LogP contribution in [0.2, 0.25) is 0 Å². The molecule has 0 saturated carbocycles. The average Bonchev–Trinajstić information content (AvgIpc) is 2.69. The fourth-order valence-corrected chi connectivity index (χ4v) is 2.68. The fraction of sp³-hybridized carbons (Fsp3) is 0.409. The van der Waals surface area contributed by atoms with Gasteiger partial charge in [-0.15, -0.1) is 0 Å². The first-order chi connectivity index (χ1) is 13.5. The Balaban J connectivity index is 1.75. The number of benzene rings is 2. The Morgan fingerprint density at radius 2 is 1.68 bits per heavy atom. The van der Waals surface area contributed by atoms with E-state index in [1.165, 1.54) is 6.07 Å². The third kappa shape index (κ3) is 7.56. The lowest BCUT2D eigenvalue weighted by atomic mass is 10.1. The molecule has 0 unspecified atom stereocenters. The van der Waals surface area contributed by atoms with Crippen LogP contribution in [-0.2, 0) is 13.1 Å². The van der Waals surface area contributed by atoms with Crippen LogP contribution in [-0.4, -0.2) is 45.2 Å². The van der Waals surface area contributed by atoms with Gasteiger partial charge < -0.3 is 20.3 Å². The van der Waals surface area contributed by atoms with Gasteiger partial charge in [0, 0.05) is 26.7 Å². The number of hydrogen-bond donors (Lipinski definition) is 2. The quantitative estimate of drug-likeness (QED) is 0.394. The zero-order chi connectivity index (χ0) is 20.4. The Bertz CT molecular complexity index is 760. The molecule has 2 rings (SSSR count). The largest absolute Gasteiger partial charge is 0.494 e. The number of hydrogen-bond acceptors (Lipinski definition) is 3. The highest BCUT2D eigenvalue weighted by molar-refractivity contribution is 5.79. The van der Waals surface area contributed by atoms with Crippen molar-refractivity contribution in [3.63, 3.8) is 0 Å². The summed E-state index contributed by atoms with van der Waals surface area (Å²) in [6.07, 6.45) is 1.01. The molecule has 2 aromatic rings. The van der Waals surface area contributed by atoms with Gasteiger partial charge in [-0.05, 0) is 62.3 Å². The SMILES string of the molecule is CN=C(NCc1ccc(OCCCN(C)C)cc1)NCc1ccc(F)c(C)c1. The van der Waals surface area contributed by atoms with Crippen molar-refractivity contribution in [1.29, 1.82) is 0 Å². The van der Waals surface area contributed by atoms with Crippen LogP contribution in [0.3, 0.4) is 0 Å². The number of aliphatic imine (C=N–C) groups is 1. The molecular weight excluding hydrogens is 355 g/mol. The lowest BCUT2D eigenvalue weighted by molar-refractivity contribution is 0.281. The summed E-state index contributed by atoms with van der Waals surface area (Å²) in [5, 5.41) is 6.53. The van der Waals surface area contributed by atoms with Gasteiger partial charge in [-0.25, -0.2) is 4.39 Å². The van der Waals surface area contributed by atoms with Gasteiger partial charge >= 0.3 is 0 Å². The third-order valence-corrected chi connectivity index (χ3v) is 4.31. The molecule has 0 amide bonds. The van der Waals surface area contributed by atoms with Gasteiger partial charge in [-0.2, -0.15) is 0 Å². The number of guanidine groups is 1. The summed E-state index contributed by atoms with van der Waals surface area (Å²) in [4.78, 5) is 6.38. The first-order valence-corrected chi connectivity index (χ1v) is 9.54. The third-order valence-electron chi connectivity index (χ3n) is 4.31. The Morgan fingerprint density at radius 1 is 1.04 bits per heavy atom. The van der Waals surface area contributed by atoms with Crippen molar-refractivity contribution in [2.45, 2.75) is 26.4 Å². The van der Waals surface area contributed by atoms with Gasteiger partial charge in [0.1, 0.15) is 11.6 Å². The lowest BCUT2D eigenvalue weighted by Crippen LogP contribution is -2.36. The highest BCUT2D eigenvalue weighted by Gasteiger charge is 2.02. The van der Waals surface area contributed by atoms with Crippen molar-refractivity contribution < 1.29 is 9.13 Å². The highest BCUT2D eigenvalue weighted by atomic mass is 19.1. The van der Waals surface area contributed by atoms with E-state index in [-0.39, 0.29) is 5.82 Å². The van der Waals surface area contributed by atoms with E-state index in [4.69, 9.17) is 4.74 Å². The van der Waals surface area contributed by atoms with E-state index < -0.39 is 0 Å². The van der Waals surface area contributed by atoms with Crippen LogP contribution in [0.1, 0.15) is 23.1 Å². The molecule has 28 heavy (non-hydrogen) atoms. The Hall–Kier alpha value is -2.60. The lowest BCUT2D eigenvalue weighted by Gasteiger charge is -2.13. The number of rotatable bonds is 9. The second-order valence-corrected chi connectivity index (χ2v) is 7.01. The fourth-order valence-electron chi connectivity index (χ4n) is 2.68. The first kappa shape index (κ1) is 21.7. The monoisotopic (exact) mass is 386 g/mol. The molecule has 0 fully saturated rings. The van der Waals surface area contributed by atoms with Gasteiger partial charge in [0.25, 0.3) is 0 Å². The summed E-state index contributed by atoms with van der Waals surface area (Å²) < 4.78 is 19.1. The Morgan fingerprint density at radius 3 is 2.29 bits per heavy atom. The van der Waals surface area contributed by atoms with Crippen LogP contribution in [0, 0.1) is 12.7 Å². The molecule has 0 spiro atoms. The Labute approximate surface area is 167 Å². The van der Waals surface area contributed by atoms with Gasteiger partial charge in [0.2, 0.25) is 0 Å². The van der Waals surface area contributed by atoms with E-state index >= 15 is 0 Å². The molecule has 0 bridgehead atoms. The molecular formula is C22H31FN4O. The number of halogens is 1. The van der Waals surface area contributed by atoms with Gasteiger partial charge in [0.05, 0.1) is 6.61 Å². The maximum atomic E-state index is 13.4. The van der Waals surface area contributed by atoms with Crippen LogP contribution in [0.4, 0.5) is 4.39 Å². The number of nitrogens with one attached hydrogen (secondary N) is 2. The smallest absolute Gasteiger partial charge is 0.191 e. The van der Waals surface area contributed by atoms with E-state index in [1.54, 1.807) is 20.0 Å². The van der Waals surface area contributed by atoms with Crippen molar-refractivity contribution >= 4 is 5.96 Å². The molecule has 0 aliphatic carbocycles. The second-order valence-electron chi connectivity index (χ2n) is 7.01. The van der Waals surface area contributed by atoms with E-state index in [2.05, 4.69) is 34.6 Å². The van der Waals surface area contributed by atoms with E-state index in [9.17, 15) is 4.39 Å². The number of ether oxygens (including phenoxy) is 1. The van der Waals surface area contributed by atoms with Gasteiger partial charge in [-0.3, -0.25) is 4.99 Å². The summed E-state index contributed by atoms with van der Waals surface area (Å²) in [5.74, 6) is 1.40. The number of nitrogens with zero attached hydrogens (tertiary/aromatic N) is 2. The molecule has 0 saturated heterocycles. The van der Waals surface area contributed by atoms with Crippen molar-refractivity contribution in [3.05, 3.63) is 65.0 Å². The molecule has 0 aliphatic rings. The van der Waals surface area contributed by atoms with Gasteiger partial charge in [-0.1, -0.05) is 24.3 Å². The van der Waals surface area contributed by atoms with Crippen LogP contribution in [0.25, 0.3) is 0 Å². The van der Waals surface area contributed by atoms with E-state index in [1.807, 2.05) is 30.3 Å². The topological polar surface area (TPSA) is 48.9 Å². The molecule has 0 atom stereocenters. The predicted molar refractivity (Wildman–Crippen MR) is 113 cm³/mol.